The van der Waals surface area contributed by atoms with Crippen LogP contribution in [0.25, 0.3) is 0 Å². The molecule has 1 atom stereocenters. The summed E-state index contributed by atoms with van der Waals surface area (Å²) in [6.07, 6.45) is 0. The van der Waals surface area contributed by atoms with Crippen molar-refractivity contribution in [3.8, 4) is 5.75 Å². The second-order valence-corrected chi connectivity index (χ2v) is 5.68. The third-order valence-electron chi connectivity index (χ3n) is 2.21. The number of hydrogen-bond acceptors (Lipinski definition) is 2. The summed E-state index contributed by atoms with van der Waals surface area (Å²) in [6, 6.07) is 8.69. The van der Waals surface area contributed by atoms with Crippen LogP contribution in [0.1, 0.15) is 20.8 Å². The molecule has 1 N–H and O–H groups in total. The number of rotatable bonds is 6. The molecule has 3 heteroatoms. The minimum absolute atomic E-state index is 0.528. The Hall–Kier alpha value is -0.290. The van der Waals surface area contributed by atoms with Crippen molar-refractivity contribution in [2.24, 2.45) is 5.92 Å². The van der Waals surface area contributed by atoms with E-state index in [2.05, 4.69) is 60.8 Å². The highest BCUT2D eigenvalue weighted by atomic mass is 127. The zero-order valence-electron chi connectivity index (χ0n) is 10.2. The van der Waals surface area contributed by atoms with E-state index in [4.69, 9.17) is 4.74 Å². The van der Waals surface area contributed by atoms with Gasteiger partial charge in [0.05, 0.1) is 6.61 Å². The highest BCUT2D eigenvalue weighted by Gasteiger charge is 2.04. The summed E-state index contributed by atoms with van der Waals surface area (Å²) in [7, 11) is 0. The van der Waals surface area contributed by atoms with Gasteiger partial charge in [-0.1, -0.05) is 26.8 Å². The largest absolute Gasteiger partial charge is 0.493 e. The van der Waals surface area contributed by atoms with Crippen LogP contribution in [0.2, 0.25) is 0 Å². The van der Waals surface area contributed by atoms with Crippen molar-refractivity contribution < 1.29 is 4.74 Å². The zero-order chi connectivity index (χ0) is 12.0. The van der Waals surface area contributed by atoms with Crippen molar-refractivity contribution in [1.29, 1.82) is 0 Å². The van der Waals surface area contributed by atoms with Gasteiger partial charge in [0.25, 0.3) is 0 Å². The highest BCUT2D eigenvalue weighted by Crippen LogP contribution is 2.15. The summed E-state index contributed by atoms with van der Waals surface area (Å²) >= 11 is 2.30. The lowest BCUT2D eigenvalue weighted by Crippen LogP contribution is -2.30. The van der Waals surface area contributed by atoms with Crippen LogP contribution in [0, 0.1) is 9.49 Å². The molecule has 0 aliphatic carbocycles. The van der Waals surface area contributed by atoms with E-state index < -0.39 is 0 Å². The van der Waals surface area contributed by atoms with Gasteiger partial charge >= 0.3 is 0 Å². The molecule has 1 rings (SSSR count). The van der Waals surface area contributed by atoms with Gasteiger partial charge in [0.1, 0.15) is 5.75 Å². The maximum absolute atomic E-state index is 5.74. The Balaban J connectivity index is 2.28. The molecule has 0 aliphatic rings. The summed E-state index contributed by atoms with van der Waals surface area (Å²) in [5.74, 6) is 1.49. The lowest BCUT2D eigenvalue weighted by atomic mass is 10.2. The zero-order valence-corrected chi connectivity index (χ0v) is 12.3. The standard InChI is InChI=1S/C13H20INO/c1-10(2)15-8-11(3)9-16-13-6-4-5-12(14)7-13/h4-7,10-11,15H,8-9H2,1-3H3. The van der Waals surface area contributed by atoms with E-state index >= 15 is 0 Å². The van der Waals surface area contributed by atoms with Gasteiger partial charge in [-0.25, -0.2) is 0 Å². The predicted molar refractivity (Wildman–Crippen MR) is 77.0 cm³/mol. The van der Waals surface area contributed by atoms with Gasteiger partial charge in [-0.3, -0.25) is 0 Å². The summed E-state index contributed by atoms with van der Waals surface area (Å²) < 4.78 is 6.95. The van der Waals surface area contributed by atoms with Gasteiger partial charge < -0.3 is 10.1 Å². The highest BCUT2D eigenvalue weighted by molar-refractivity contribution is 14.1. The quantitative estimate of drug-likeness (QED) is 0.807. The first-order chi connectivity index (χ1) is 7.58. The Morgan fingerprint density at radius 1 is 1.31 bits per heavy atom. The Kier molecular flexibility index (Phi) is 6.13. The van der Waals surface area contributed by atoms with E-state index in [9.17, 15) is 0 Å². The number of hydrogen-bond donors (Lipinski definition) is 1. The molecule has 0 fully saturated rings. The van der Waals surface area contributed by atoms with Gasteiger partial charge in [-0.2, -0.15) is 0 Å². The molecule has 0 spiro atoms. The van der Waals surface area contributed by atoms with Crippen LogP contribution in [0.15, 0.2) is 24.3 Å². The number of ether oxygens (including phenoxy) is 1. The van der Waals surface area contributed by atoms with Crippen LogP contribution in [-0.2, 0) is 0 Å². The lowest BCUT2D eigenvalue weighted by molar-refractivity contribution is 0.253. The molecule has 0 radical (unpaired) electrons. The second kappa shape index (κ2) is 7.12. The van der Waals surface area contributed by atoms with Crippen molar-refractivity contribution >= 4 is 22.6 Å². The van der Waals surface area contributed by atoms with Gasteiger partial charge in [-0.15, -0.1) is 0 Å². The van der Waals surface area contributed by atoms with E-state index in [-0.39, 0.29) is 0 Å². The molecule has 0 amide bonds. The van der Waals surface area contributed by atoms with E-state index in [0.29, 0.717) is 12.0 Å². The molecule has 1 aromatic carbocycles. The Morgan fingerprint density at radius 2 is 2.06 bits per heavy atom. The monoisotopic (exact) mass is 333 g/mol. The minimum Gasteiger partial charge on any atom is -0.493 e. The lowest BCUT2D eigenvalue weighted by Gasteiger charge is -2.15. The van der Waals surface area contributed by atoms with Gasteiger partial charge in [0, 0.05) is 22.1 Å². The first-order valence-electron chi connectivity index (χ1n) is 5.69. The molecule has 0 heterocycles. The number of nitrogens with one attached hydrogen (secondary N) is 1. The van der Waals surface area contributed by atoms with Gasteiger partial charge in [-0.05, 0) is 40.8 Å². The average Bonchev–Trinajstić information content (AvgIpc) is 2.23. The van der Waals surface area contributed by atoms with Crippen LogP contribution in [-0.4, -0.2) is 19.2 Å². The maximum atomic E-state index is 5.74. The van der Waals surface area contributed by atoms with Crippen LogP contribution < -0.4 is 10.1 Å². The third-order valence-corrected chi connectivity index (χ3v) is 2.88. The average molecular weight is 333 g/mol. The SMILES string of the molecule is CC(CNC(C)C)COc1cccc(I)c1. The summed E-state index contributed by atoms with van der Waals surface area (Å²) in [5, 5.41) is 3.41. The van der Waals surface area contributed by atoms with Crippen molar-refractivity contribution in [3.63, 3.8) is 0 Å². The molecule has 0 saturated heterocycles. The van der Waals surface area contributed by atoms with Crippen molar-refractivity contribution in [2.45, 2.75) is 26.8 Å². The fraction of sp³-hybridized carbons (Fsp3) is 0.538. The fourth-order valence-corrected chi connectivity index (χ4v) is 1.81. The summed E-state index contributed by atoms with van der Waals surface area (Å²) in [4.78, 5) is 0. The van der Waals surface area contributed by atoms with E-state index in [1.807, 2.05) is 12.1 Å². The maximum Gasteiger partial charge on any atom is 0.120 e. The molecule has 90 valence electrons. The first kappa shape index (κ1) is 13.8. The Labute approximate surface area is 112 Å². The fourth-order valence-electron chi connectivity index (χ4n) is 1.29. The van der Waals surface area contributed by atoms with Crippen LogP contribution in [0.3, 0.4) is 0 Å². The van der Waals surface area contributed by atoms with Crippen LogP contribution >= 0.6 is 22.6 Å². The predicted octanol–water partition coefficient (Wildman–Crippen LogP) is 3.30. The Bertz CT molecular complexity index is 315. The molecule has 0 aromatic heterocycles. The van der Waals surface area contributed by atoms with Gasteiger partial charge in [0.15, 0.2) is 0 Å². The summed E-state index contributed by atoms with van der Waals surface area (Å²) in [6.45, 7) is 8.28. The molecule has 0 aliphatic heterocycles. The smallest absolute Gasteiger partial charge is 0.120 e. The van der Waals surface area contributed by atoms with E-state index in [0.717, 1.165) is 18.9 Å². The molecule has 1 aromatic rings. The molecule has 0 saturated carbocycles. The van der Waals surface area contributed by atoms with Crippen LogP contribution in [0.5, 0.6) is 5.75 Å². The second-order valence-electron chi connectivity index (χ2n) is 4.44. The number of benzene rings is 1. The normalized spacial score (nSPS) is 12.8. The molecule has 2 nitrogen and oxygen atoms in total. The number of halogens is 1. The molecular formula is C13H20INO. The summed E-state index contributed by atoms with van der Waals surface area (Å²) in [5.41, 5.74) is 0. The molecule has 16 heavy (non-hydrogen) atoms. The first-order valence-corrected chi connectivity index (χ1v) is 6.77. The van der Waals surface area contributed by atoms with Crippen LogP contribution in [0.4, 0.5) is 0 Å². The molecule has 1 unspecified atom stereocenters. The Morgan fingerprint density at radius 3 is 2.69 bits per heavy atom. The van der Waals surface area contributed by atoms with Crippen molar-refractivity contribution in [1.82, 2.24) is 5.32 Å². The molecular weight excluding hydrogens is 313 g/mol. The van der Waals surface area contributed by atoms with E-state index in [1.54, 1.807) is 0 Å². The topological polar surface area (TPSA) is 21.3 Å². The minimum atomic E-state index is 0.528. The third kappa shape index (κ3) is 5.70. The van der Waals surface area contributed by atoms with Crippen molar-refractivity contribution in [3.05, 3.63) is 27.8 Å². The molecule has 0 bridgehead atoms. The van der Waals surface area contributed by atoms with Crippen molar-refractivity contribution in [2.75, 3.05) is 13.2 Å². The van der Waals surface area contributed by atoms with Gasteiger partial charge in [0.2, 0.25) is 0 Å². The van der Waals surface area contributed by atoms with E-state index in [1.165, 1.54) is 3.57 Å².